The highest BCUT2D eigenvalue weighted by Gasteiger charge is 2.40. The lowest BCUT2D eigenvalue weighted by atomic mass is 9.78. The maximum atomic E-state index is 11.7. The number of hydrogen-bond acceptors (Lipinski definition) is 5. The third-order valence-electron chi connectivity index (χ3n) is 4.19. The predicted molar refractivity (Wildman–Crippen MR) is 77.4 cm³/mol. The molecule has 6 heteroatoms. The van der Waals surface area contributed by atoms with Crippen molar-refractivity contribution >= 4 is 9.84 Å². The van der Waals surface area contributed by atoms with Crippen molar-refractivity contribution in [3.05, 3.63) is 0 Å². The molecule has 0 heterocycles. The second kappa shape index (κ2) is 6.52. The molecule has 1 saturated carbocycles. The van der Waals surface area contributed by atoms with E-state index in [1.165, 1.54) is 6.26 Å². The Morgan fingerprint density at radius 1 is 1.42 bits per heavy atom. The first-order valence-corrected chi connectivity index (χ1v) is 8.96. The molecular weight excluding hydrogens is 264 g/mol. The zero-order chi connectivity index (χ0) is 14.7. The van der Waals surface area contributed by atoms with Gasteiger partial charge in [-0.05, 0) is 46.0 Å². The zero-order valence-corrected chi connectivity index (χ0v) is 13.3. The molecule has 0 bridgehead atoms. The molecule has 3 N–H and O–H groups in total. The van der Waals surface area contributed by atoms with Crippen molar-refractivity contribution in [2.75, 3.05) is 12.9 Å². The fourth-order valence-corrected chi connectivity index (χ4v) is 4.43. The lowest BCUT2D eigenvalue weighted by Gasteiger charge is -2.41. The summed E-state index contributed by atoms with van der Waals surface area (Å²) in [7, 11) is -2.97. The van der Waals surface area contributed by atoms with Gasteiger partial charge in [0.05, 0.1) is 16.9 Å². The van der Waals surface area contributed by atoms with Crippen LogP contribution in [0.5, 0.6) is 0 Å². The molecular formula is C13H28N2O3S. The van der Waals surface area contributed by atoms with E-state index in [-0.39, 0.29) is 17.2 Å². The topological polar surface area (TPSA) is 81.4 Å². The highest BCUT2D eigenvalue weighted by atomic mass is 32.2. The van der Waals surface area contributed by atoms with Gasteiger partial charge in [0.25, 0.3) is 0 Å². The third kappa shape index (κ3) is 4.41. The van der Waals surface area contributed by atoms with E-state index in [4.69, 9.17) is 10.6 Å². The number of hydrogen-bond donors (Lipinski definition) is 2. The first kappa shape index (κ1) is 16.9. The minimum atomic E-state index is -2.97. The quantitative estimate of drug-likeness (QED) is 0.568. The van der Waals surface area contributed by atoms with Gasteiger partial charge in [-0.2, -0.15) is 0 Å². The van der Waals surface area contributed by atoms with Crippen LogP contribution in [-0.2, 0) is 14.6 Å². The number of rotatable bonds is 6. The molecule has 1 aliphatic carbocycles. The molecule has 0 aromatic rings. The number of hydrazine groups is 1. The number of nitrogens with one attached hydrogen (secondary N) is 1. The summed E-state index contributed by atoms with van der Waals surface area (Å²) in [6, 6.07) is -0.0306. The highest BCUT2D eigenvalue weighted by Crippen LogP contribution is 2.34. The minimum Gasteiger partial charge on any atom is -0.374 e. The molecule has 0 aliphatic heterocycles. The van der Waals surface area contributed by atoms with Crippen LogP contribution >= 0.6 is 0 Å². The van der Waals surface area contributed by atoms with Crippen LogP contribution in [0.3, 0.4) is 0 Å². The Hall–Kier alpha value is -0.170. The Morgan fingerprint density at radius 3 is 2.53 bits per heavy atom. The molecule has 0 radical (unpaired) electrons. The Balaban J connectivity index is 2.82. The van der Waals surface area contributed by atoms with Crippen LogP contribution in [0.1, 0.15) is 46.5 Å². The van der Waals surface area contributed by atoms with Gasteiger partial charge in [0.1, 0.15) is 9.84 Å². The van der Waals surface area contributed by atoms with Gasteiger partial charge >= 0.3 is 0 Å². The predicted octanol–water partition coefficient (Wildman–Crippen LogP) is 1.24. The summed E-state index contributed by atoms with van der Waals surface area (Å²) in [5.41, 5.74) is 2.45. The summed E-state index contributed by atoms with van der Waals surface area (Å²) in [4.78, 5) is 0. The fraction of sp³-hybridized carbons (Fsp3) is 1.00. The van der Waals surface area contributed by atoms with Crippen molar-refractivity contribution in [3.8, 4) is 0 Å². The van der Waals surface area contributed by atoms with Crippen molar-refractivity contribution < 1.29 is 13.2 Å². The molecule has 114 valence electrons. The Bertz CT molecular complexity index is 381. The summed E-state index contributed by atoms with van der Waals surface area (Å²) in [5, 5.41) is -0.237. The van der Waals surface area contributed by atoms with Crippen LogP contribution in [0, 0.1) is 5.92 Å². The largest absolute Gasteiger partial charge is 0.374 e. The van der Waals surface area contributed by atoms with Gasteiger partial charge in [-0.25, -0.2) is 8.42 Å². The average molecular weight is 292 g/mol. The summed E-state index contributed by atoms with van der Waals surface area (Å²) >= 11 is 0. The van der Waals surface area contributed by atoms with Gasteiger partial charge in [-0.1, -0.05) is 6.42 Å². The molecule has 0 aromatic carbocycles. The molecule has 1 fully saturated rings. The molecule has 0 saturated heterocycles. The van der Waals surface area contributed by atoms with E-state index in [9.17, 15) is 8.42 Å². The number of nitrogens with two attached hydrogens (primary N) is 1. The molecule has 5 nitrogen and oxygen atoms in total. The van der Waals surface area contributed by atoms with Gasteiger partial charge in [0, 0.05) is 12.9 Å². The van der Waals surface area contributed by atoms with Crippen molar-refractivity contribution in [2.45, 2.75) is 63.3 Å². The van der Waals surface area contributed by atoms with Crippen LogP contribution in [0.25, 0.3) is 0 Å². The van der Waals surface area contributed by atoms with E-state index < -0.39 is 15.4 Å². The molecule has 1 rings (SSSR count). The second-order valence-corrected chi connectivity index (χ2v) is 8.38. The first-order valence-electron chi connectivity index (χ1n) is 7.01. The Labute approximate surface area is 117 Å². The maximum Gasteiger partial charge on any atom is 0.150 e. The smallest absolute Gasteiger partial charge is 0.150 e. The van der Waals surface area contributed by atoms with E-state index in [0.717, 1.165) is 19.3 Å². The van der Waals surface area contributed by atoms with Crippen molar-refractivity contribution in [1.82, 2.24) is 5.43 Å². The molecule has 3 unspecified atom stereocenters. The van der Waals surface area contributed by atoms with Crippen molar-refractivity contribution in [2.24, 2.45) is 11.8 Å². The summed E-state index contributed by atoms with van der Waals surface area (Å²) in [5.74, 6) is 5.93. The van der Waals surface area contributed by atoms with E-state index in [1.54, 1.807) is 0 Å². The SMILES string of the molecule is CCOC(C)(C)C(NN)C1CCCC(S(C)(=O)=O)C1. The van der Waals surface area contributed by atoms with Gasteiger partial charge < -0.3 is 4.74 Å². The molecule has 0 spiro atoms. The number of ether oxygens (including phenoxy) is 1. The molecule has 3 atom stereocenters. The van der Waals surface area contributed by atoms with Gasteiger partial charge in [0.2, 0.25) is 0 Å². The molecule has 0 amide bonds. The van der Waals surface area contributed by atoms with E-state index >= 15 is 0 Å². The minimum absolute atomic E-state index is 0.0306. The summed E-state index contributed by atoms with van der Waals surface area (Å²) in [6.07, 6.45) is 4.70. The average Bonchev–Trinajstić information content (AvgIpc) is 2.28. The number of sulfone groups is 1. The van der Waals surface area contributed by atoms with Crippen LogP contribution in [0.15, 0.2) is 0 Å². The van der Waals surface area contributed by atoms with Gasteiger partial charge in [-0.15, -0.1) is 0 Å². The lowest BCUT2D eigenvalue weighted by molar-refractivity contribution is -0.0570. The maximum absolute atomic E-state index is 11.7. The second-order valence-electron chi connectivity index (χ2n) is 6.06. The highest BCUT2D eigenvalue weighted by molar-refractivity contribution is 7.91. The van der Waals surface area contributed by atoms with Crippen LogP contribution in [-0.4, -0.2) is 38.2 Å². The Kier molecular flexibility index (Phi) is 5.79. The van der Waals surface area contributed by atoms with Crippen molar-refractivity contribution in [3.63, 3.8) is 0 Å². The van der Waals surface area contributed by atoms with Crippen LogP contribution in [0.4, 0.5) is 0 Å². The molecule has 1 aliphatic rings. The normalized spacial score (nSPS) is 27.2. The zero-order valence-electron chi connectivity index (χ0n) is 12.5. The van der Waals surface area contributed by atoms with E-state index in [0.29, 0.717) is 13.0 Å². The summed E-state index contributed by atoms with van der Waals surface area (Å²) < 4.78 is 29.2. The van der Waals surface area contributed by atoms with Crippen LogP contribution in [0.2, 0.25) is 0 Å². The fourth-order valence-electron chi connectivity index (χ4n) is 3.24. The van der Waals surface area contributed by atoms with E-state index in [1.807, 2.05) is 20.8 Å². The standard InChI is InChI=1S/C13H28N2O3S/c1-5-18-13(2,3)12(15-14)10-7-6-8-11(9-10)19(4,16)17/h10-12,15H,5-9,14H2,1-4H3. The summed E-state index contributed by atoms with van der Waals surface area (Å²) in [6.45, 7) is 6.58. The Morgan fingerprint density at radius 2 is 2.05 bits per heavy atom. The first-order chi connectivity index (χ1) is 8.72. The lowest BCUT2D eigenvalue weighted by Crippen LogP contribution is -2.56. The van der Waals surface area contributed by atoms with Crippen LogP contribution < -0.4 is 11.3 Å². The molecule has 0 aromatic heterocycles. The van der Waals surface area contributed by atoms with E-state index in [2.05, 4.69) is 5.43 Å². The van der Waals surface area contributed by atoms with Gasteiger partial charge in [0.15, 0.2) is 0 Å². The third-order valence-corrected chi connectivity index (χ3v) is 5.83. The van der Waals surface area contributed by atoms with Crippen molar-refractivity contribution in [1.29, 1.82) is 0 Å². The monoisotopic (exact) mass is 292 g/mol. The molecule has 19 heavy (non-hydrogen) atoms. The van der Waals surface area contributed by atoms with Gasteiger partial charge in [-0.3, -0.25) is 11.3 Å².